The van der Waals surface area contributed by atoms with Crippen LogP contribution in [0, 0.1) is 6.92 Å². The van der Waals surface area contributed by atoms with Crippen LogP contribution in [0.1, 0.15) is 27.7 Å². The smallest absolute Gasteiger partial charge is 0.267 e. The summed E-state index contributed by atoms with van der Waals surface area (Å²) in [5, 5.41) is 14.0. The third-order valence-corrected chi connectivity index (χ3v) is 3.96. The standard InChI is InChI=1S/C19H20N2O3/c1-12-6-7-13-10-17(21-16(13)8-12)19(23)20-11-18(22)14-4-3-5-15(9-14)24-2/h3-10,18,21-22H,11H2,1-2H3,(H,20,23). The number of ether oxygens (including phenoxy) is 1. The van der Waals surface area contributed by atoms with Crippen molar-refractivity contribution in [2.45, 2.75) is 13.0 Å². The third kappa shape index (κ3) is 3.41. The minimum absolute atomic E-state index is 0.125. The van der Waals surface area contributed by atoms with Gasteiger partial charge in [0.1, 0.15) is 11.4 Å². The van der Waals surface area contributed by atoms with Gasteiger partial charge in [0.25, 0.3) is 5.91 Å². The zero-order valence-electron chi connectivity index (χ0n) is 13.7. The molecule has 24 heavy (non-hydrogen) atoms. The van der Waals surface area contributed by atoms with E-state index in [1.54, 1.807) is 31.4 Å². The molecule has 1 aromatic heterocycles. The van der Waals surface area contributed by atoms with Crippen molar-refractivity contribution >= 4 is 16.8 Å². The largest absolute Gasteiger partial charge is 0.497 e. The number of aliphatic hydroxyl groups excluding tert-OH is 1. The number of hydrogen-bond acceptors (Lipinski definition) is 3. The van der Waals surface area contributed by atoms with Crippen molar-refractivity contribution in [1.82, 2.24) is 10.3 Å². The van der Waals surface area contributed by atoms with Crippen LogP contribution < -0.4 is 10.1 Å². The van der Waals surface area contributed by atoms with Gasteiger partial charge in [0.05, 0.1) is 13.2 Å². The number of aliphatic hydroxyl groups is 1. The van der Waals surface area contributed by atoms with Crippen molar-refractivity contribution in [2.24, 2.45) is 0 Å². The Bertz CT molecular complexity index is 870. The van der Waals surface area contributed by atoms with Crippen molar-refractivity contribution in [3.05, 3.63) is 65.4 Å². The highest BCUT2D eigenvalue weighted by Gasteiger charge is 2.13. The SMILES string of the molecule is COc1cccc(C(O)CNC(=O)c2cc3ccc(C)cc3[nH]2)c1. The predicted octanol–water partition coefficient (Wildman–Crippen LogP) is 2.95. The van der Waals surface area contributed by atoms with Gasteiger partial charge in [-0.3, -0.25) is 4.79 Å². The monoisotopic (exact) mass is 324 g/mol. The van der Waals surface area contributed by atoms with Gasteiger partial charge in [-0.15, -0.1) is 0 Å². The summed E-state index contributed by atoms with van der Waals surface area (Å²) in [6.07, 6.45) is -0.796. The fraction of sp³-hybridized carbons (Fsp3) is 0.211. The van der Waals surface area contributed by atoms with E-state index >= 15 is 0 Å². The highest BCUT2D eigenvalue weighted by atomic mass is 16.5. The number of H-pyrrole nitrogens is 1. The maximum atomic E-state index is 12.3. The van der Waals surface area contributed by atoms with Gasteiger partial charge in [0.2, 0.25) is 0 Å². The van der Waals surface area contributed by atoms with E-state index in [4.69, 9.17) is 4.74 Å². The molecule has 1 atom stereocenters. The second-order valence-electron chi connectivity index (χ2n) is 5.78. The molecule has 0 fully saturated rings. The maximum Gasteiger partial charge on any atom is 0.267 e. The molecule has 0 spiro atoms. The first-order valence-corrected chi connectivity index (χ1v) is 7.76. The van der Waals surface area contributed by atoms with Gasteiger partial charge >= 0.3 is 0 Å². The fourth-order valence-corrected chi connectivity index (χ4v) is 2.61. The molecule has 0 aliphatic heterocycles. The summed E-state index contributed by atoms with van der Waals surface area (Å²) >= 11 is 0. The average molecular weight is 324 g/mol. The molecule has 0 aliphatic rings. The number of benzene rings is 2. The normalized spacial score (nSPS) is 12.1. The summed E-state index contributed by atoms with van der Waals surface area (Å²) in [7, 11) is 1.57. The van der Waals surface area contributed by atoms with Crippen LogP contribution in [0.5, 0.6) is 5.75 Å². The zero-order chi connectivity index (χ0) is 17.1. The third-order valence-electron chi connectivity index (χ3n) is 3.96. The summed E-state index contributed by atoms with van der Waals surface area (Å²) in [6, 6.07) is 14.9. The van der Waals surface area contributed by atoms with Crippen LogP contribution in [0.25, 0.3) is 10.9 Å². The molecular formula is C19H20N2O3. The predicted molar refractivity (Wildman–Crippen MR) is 93.3 cm³/mol. The lowest BCUT2D eigenvalue weighted by molar-refractivity contribution is 0.0912. The molecule has 3 N–H and O–H groups in total. The van der Waals surface area contributed by atoms with Crippen LogP contribution in [0.3, 0.4) is 0 Å². The van der Waals surface area contributed by atoms with Crippen LogP contribution in [-0.4, -0.2) is 29.7 Å². The van der Waals surface area contributed by atoms with Gasteiger partial charge in [-0.2, -0.15) is 0 Å². The number of aromatic nitrogens is 1. The molecule has 0 saturated heterocycles. The molecule has 0 radical (unpaired) electrons. The minimum atomic E-state index is -0.796. The first-order valence-electron chi connectivity index (χ1n) is 7.76. The second-order valence-corrected chi connectivity index (χ2v) is 5.78. The van der Waals surface area contributed by atoms with Gasteiger partial charge in [0.15, 0.2) is 0 Å². The molecule has 5 heteroatoms. The number of fused-ring (bicyclic) bond motifs is 1. The number of carbonyl (C=O) groups is 1. The van der Waals surface area contributed by atoms with E-state index in [2.05, 4.69) is 10.3 Å². The Kier molecular flexibility index (Phi) is 4.53. The Labute approximate surface area is 140 Å². The molecule has 3 aromatic rings. The lowest BCUT2D eigenvalue weighted by atomic mass is 10.1. The number of amides is 1. The van der Waals surface area contributed by atoms with Crippen molar-refractivity contribution in [2.75, 3.05) is 13.7 Å². The summed E-state index contributed by atoms with van der Waals surface area (Å²) in [5.41, 5.74) is 3.23. The minimum Gasteiger partial charge on any atom is -0.497 e. The number of hydrogen-bond donors (Lipinski definition) is 3. The first kappa shape index (κ1) is 16.1. The molecule has 0 bridgehead atoms. The summed E-state index contributed by atoms with van der Waals surface area (Å²) in [4.78, 5) is 15.4. The van der Waals surface area contributed by atoms with Crippen molar-refractivity contribution in [1.29, 1.82) is 0 Å². The Morgan fingerprint density at radius 3 is 2.88 bits per heavy atom. The summed E-state index contributed by atoms with van der Waals surface area (Å²) in [5.74, 6) is 0.426. The molecule has 0 aliphatic carbocycles. The van der Waals surface area contributed by atoms with Crippen molar-refractivity contribution in [3.8, 4) is 5.75 Å². The molecule has 0 saturated carbocycles. The number of aromatic amines is 1. The van der Waals surface area contributed by atoms with Gasteiger partial charge in [-0.1, -0.05) is 24.3 Å². The van der Waals surface area contributed by atoms with Crippen LogP contribution in [0.2, 0.25) is 0 Å². The van der Waals surface area contributed by atoms with Crippen LogP contribution in [0.4, 0.5) is 0 Å². The molecular weight excluding hydrogens is 304 g/mol. The second kappa shape index (κ2) is 6.76. The van der Waals surface area contributed by atoms with Crippen LogP contribution in [0.15, 0.2) is 48.5 Å². The van der Waals surface area contributed by atoms with Gasteiger partial charge < -0.3 is 20.1 Å². The van der Waals surface area contributed by atoms with Crippen molar-refractivity contribution < 1.29 is 14.6 Å². The number of aryl methyl sites for hydroxylation is 1. The number of rotatable bonds is 5. The Hall–Kier alpha value is -2.79. The molecule has 1 heterocycles. The fourth-order valence-electron chi connectivity index (χ4n) is 2.61. The van der Waals surface area contributed by atoms with E-state index in [9.17, 15) is 9.90 Å². The van der Waals surface area contributed by atoms with Gasteiger partial charge in [-0.05, 0) is 42.3 Å². The molecule has 124 valence electrons. The molecule has 1 unspecified atom stereocenters. The highest BCUT2D eigenvalue weighted by Crippen LogP contribution is 2.19. The van der Waals surface area contributed by atoms with E-state index in [1.165, 1.54) is 0 Å². The lowest BCUT2D eigenvalue weighted by Crippen LogP contribution is -2.28. The lowest BCUT2D eigenvalue weighted by Gasteiger charge is -2.12. The molecule has 5 nitrogen and oxygen atoms in total. The summed E-state index contributed by atoms with van der Waals surface area (Å²) in [6.45, 7) is 2.13. The Balaban J connectivity index is 1.67. The average Bonchev–Trinajstić information content (AvgIpc) is 3.02. The zero-order valence-corrected chi connectivity index (χ0v) is 13.7. The molecule has 3 rings (SSSR count). The van der Waals surface area contributed by atoms with E-state index in [0.717, 1.165) is 16.5 Å². The number of carbonyl (C=O) groups excluding carboxylic acids is 1. The van der Waals surface area contributed by atoms with E-state index in [1.807, 2.05) is 31.2 Å². The Morgan fingerprint density at radius 1 is 1.25 bits per heavy atom. The Morgan fingerprint density at radius 2 is 2.08 bits per heavy atom. The van der Waals surface area contributed by atoms with Crippen LogP contribution in [-0.2, 0) is 0 Å². The number of nitrogens with one attached hydrogen (secondary N) is 2. The van der Waals surface area contributed by atoms with Crippen molar-refractivity contribution in [3.63, 3.8) is 0 Å². The van der Waals surface area contributed by atoms with Gasteiger partial charge in [-0.25, -0.2) is 0 Å². The van der Waals surface area contributed by atoms with Crippen LogP contribution >= 0.6 is 0 Å². The highest BCUT2D eigenvalue weighted by molar-refractivity contribution is 5.98. The summed E-state index contributed by atoms with van der Waals surface area (Å²) < 4.78 is 5.14. The number of methoxy groups -OCH3 is 1. The molecule has 1 amide bonds. The van der Waals surface area contributed by atoms with E-state index in [0.29, 0.717) is 17.0 Å². The quantitative estimate of drug-likeness (QED) is 0.675. The topological polar surface area (TPSA) is 74.3 Å². The van der Waals surface area contributed by atoms with E-state index < -0.39 is 6.10 Å². The maximum absolute atomic E-state index is 12.3. The van der Waals surface area contributed by atoms with Gasteiger partial charge in [0, 0.05) is 17.4 Å². The first-order chi connectivity index (χ1) is 11.6. The van der Waals surface area contributed by atoms with E-state index in [-0.39, 0.29) is 12.5 Å². The molecule has 2 aromatic carbocycles.